The van der Waals surface area contributed by atoms with Crippen LogP contribution in [-0.2, 0) is 25.7 Å². The van der Waals surface area contributed by atoms with Gasteiger partial charge in [0.25, 0.3) is 23.6 Å². The summed E-state index contributed by atoms with van der Waals surface area (Å²) in [6.07, 6.45) is 2.80. The number of hydrogen-bond acceptors (Lipinski definition) is 20. The minimum absolute atomic E-state index is 0.0229. The molecular weight excluding hydrogens is 1730 g/mol. The standard InChI is InChI=1S/3C26H26ClNO5.C26H27NO5/c1-30-20-8-5-9-21(14-20)33-16-23-22-15-25(32-3)24(31-2)13-17(22)10-11-28(23)26(29)18-6-4-7-19(27)12-18;1-30-22-9-4-5-10-23(22)33-16-21-20-15-25(32-3)24(31-2)14-17(20)11-12-28(21)26(29)18-7-6-8-19(27)13-18;1-30-20-7-9-21(10-8-20)33-16-23-22-15-25(32-3)24(31-2)14-17(22)11-12-28(23)26(29)18-5-4-6-19(27)13-18;1-29-20-10-7-11-21(15-20)32-17-23-22-16-25(31-3)24(30-2)14-19(22)12-13-27(23)26(28)18-8-5-4-6-9-18/h4-9,12-15,23H,10-11,16H2,1-3H3;4-10,13-15,21H,11-12,16H2,1-3H3;4-10,13-15,23H,11-12,16H2,1-3H3;4-11,14-16,23H,12-13,17H2,1-3H3. The number of rotatable bonds is 28. The quantitative estimate of drug-likeness (QED) is 0.0444. The molecule has 0 saturated carbocycles. The molecule has 12 aromatic carbocycles. The molecular formula is C104H105Cl3N4O20. The third-order valence-corrected chi connectivity index (χ3v) is 23.8. The minimum atomic E-state index is -0.343. The minimum Gasteiger partial charge on any atom is -0.497 e. The second-order valence-corrected chi connectivity index (χ2v) is 31.8. The van der Waals surface area contributed by atoms with E-state index in [1.807, 2.05) is 196 Å². The fraction of sp³-hybridized carbons (Fsp3) is 0.269. The fourth-order valence-corrected chi connectivity index (χ4v) is 17.0. The number of para-hydroxylation sites is 2. The first kappa shape index (κ1) is 94.8. The van der Waals surface area contributed by atoms with Crippen molar-refractivity contribution in [1.29, 1.82) is 0 Å². The van der Waals surface area contributed by atoms with Crippen LogP contribution in [0.3, 0.4) is 0 Å². The number of halogens is 3. The highest BCUT2D eigenvalue weighted by Gasteiger charge is 2.39. The van der Waals surface area contributed by atoms with Crippen LogP contribution in [0.1, 0.15) is 110 Å². The van der Waals surface area contributed by atoms with Gasteiger partial charge in [-0.1, -0.05) is 95.5 Å². The van der Waals surface area contributed by atoms with Gasteiger partial charge in [-0.2, -0.15) is 0 Å². The lowest BCUT2D eigenvalue weighted by atomic mass is 9.91. The smallest absolute Gasteiger partial charge is 0.254 e. The van der Waals surface area contributed by atoms with Gasteiger partial charge in [0.05, 0.1) is 109 Å². The molecule has 4 aliphatic heterocycles. The molecule has 4 aliphatic rings. The first-order valence-electron chi connectivity index (χ1n) is 42.4. The Morgan fingerprint density at radius 2 is 0.496 bits per heavy atom. The second-order valence-electron chi connectivity index (χ2n) is 30.5. The van der Waals surface area contributed by atoms with E-state index in [9.17, 15) is 19.2 Å². The average molecular weight is 1840 g/mol. The summed E-state index contributed by atoms with van der Waals surface area (Å²) < 4.78 is 89.9. The van der Waals surface area contributed by atoms with E-state index >= 15 is 0 Å². The van der Waals surface area contributed by atoms with Crippen molar-refractivity contribution in [2.24, 2.45) is 0 Å². The summed E-state index contributed by atoms with van der Waals surface area (Å²) in [5.74, 6) is 10.3. The van der Waals surface area contributed by atoms with Crippen molar-refractivity contribution in [1.82, 2.24) is 19.6 Å². The summed E-state index contributed by atoms with van der Waals surface area (Å²) in [6, 6.07) is 74.5. The molecule has 16 rings (SSSR count). The summed E-state index contributed by atoms with van der Waals surface area (Å²) in [5.41, 5.74) is 10.6. The first-order valence-corrected chi connectivity index (χ1v) is 43.5. The van der Waals surface area contributed by atoms with Gasteiger partial charge in [0, 0.05) is 75.6 Å². The summed E-state index contributed by atoms with van der Waals surface area (Å²) in [5, 5.41) is 1.57. The van der Waals surface area contributed by atoms with Crippen LogP contribution >= 0.6 is 34.8 Å². The van der Waals surface area contributed by atoms with E-state index in [-0.39, 0.29) is 67.6 Å². The Morgan fingerprint density at radius 1 is 0.237 bits per heavy atom. The molecule has 27 heteroatoms. The molecule has 682 valence electrons. The zero-order valence-electron chi connectivity index (χ0n) is 75.1. The molecule has 4 amide bonds. The van der Waals surface area contributed by atoms with Gasteiger partial charge in [-0.3, -0.25) is 19.2 Å². The summed E-state index contributed by atoms with van der Waals surface area (Å²) in [6.45, 7) is 3.30. The Kier molecular flexibility index (Phi) is 32.9. The molecule has 12 aromatic rings. The lowest BCUT2D eigenvalue weighted by Gasteiger charge is -2.37. The van der Waals surface area contributed by atoms with Crippen molar-refractivity contribution in [2.45, 2.75) is 49.9 Å². The molecule has 0 N–H and O–H groups in total. The van der Waals surface area contributed by atoms with E-state index in [1.54, 1.807) is 158 Å². The molecule has 0 aliphatic carbocycles. The Bertz CT molecular complexity index is 5950. The van der Waals surface area contributed by atoms with E-state index < -0.39 is 0 Å². The first-order chi connectivity index (χ1) is 63.8. The number of ether oxygens (including phenoxy) is 16. The summed E-state index contributed by atoms with van der Waals surface area (Å²) in [7, 11) is 19.3. The number of amides is 4. The van der Waals surface area contributed by atoms with Crippen molar-refractivity contribution in [3.05, 3.63) is 331 Å². The number of carbonyl (C=O) groups is 4. The number of nitrogens with zero attached hydrogens (tertiary/aromatic N) is 4. The van der Waals surface area contributed by atoms with Crippen molar-refractivity contribution in [3.8, 4) is 92.0 Å². The summed E-state index contributed by atoms with van der Waals surface area (Å²) in [4.78, 5) is 61.3. The molecule has 0 saturated heterocycles. The van der Waals surface area contributed by atoms with Crippen LogP contribution in [0.4, 0.5) is 0 Å². The highest BCUT2D eigenvalue weighted by Crippen LogP contribution is 2.46. The molecule has 4 heterocycles. The van der Waals surface area contributed by atoms with E-state index in [0.717, 1.165) is 62.4 Å². The number of fused-ring (bicyclic) bond motifs is 4. The third-order valence-electron chi connectivity index (χ3n) is 23.1. The molecule has 0 aromatic heterocycles. The predicted octanol–water partition coefficient (Wildman–Crippen LogP) is 20.1. The number of carbonyl (C=O) groups excluding carboxylic acids is 4. The van der Waals surface area contributed by atoms with Gasteiger partial charge in [0.2, 0.25) is 0 Å². The summed E-state index contributed by atoms with van der Waals surface area (Å²) >= 11 is 18.5. The van der Waals surface area contributed by atoms with Gasteiger partial charge in [0.15, 0.2) is 57.5 Å². The molecule has 4 unspecified atom stereocenters. The Morgan fingerprint density at radius 3 is 0.809 bits per heavy atom. The molecule has 0 fully saturated rings. The number of hydrogen-bond donors (Lipinski definition) is 0. The van der Waals surface area contributed by atoms with E-state index in [2.05, 4.69) is 0 Å². The lowest BCUT2D eigenvalue weighted by Crippen LogP contribution is -2.42. The second kappa shape index (κ2) is 45.4. The molecule has 0 spiro atoms. The average Bonchev–Trinajstić information content (AvgIpc) is 0.784. The molecule has 24 nitrogen and oxygen atoms in total. The van der Waals surface area contributed by atoms with Crippen LogP contribution in [0.25, 0.3) is 0 Å². The zero-order chi connectivity index (χ0) is 92.6. The van der Waals surface area contributed by atoms with E-state index in [0.29, 0.717) is 170 Å². The molecule has 0 radical (unpaired) electrons. The highest BCUT2D eigenvalue weighted by molar-refractivity contribution is 6.31. The number of benzene rings is 12. The maximum absolute atomic E-state index is 13.5. The van der Waals surface area contributed by atoms with Gasteiger partial charge >= 0.3 is 0 Å². The lowest BCUT2D eigenvalue weighted by molar-refractivity contribution is 0.0582. The Balaban J connectivity index is 0.000000149. The van der Waals surface area contributed by atoms with Crippen molar-refractivity contribution >= 4 is 58.4 Å². The van der Waals surface area contributed by atoms with Gasteiger partial charge < -0.3 is 95.4 Å². The zero-order valence-corrected chi connectivity index (χ0v) is 77.3. The highest BCUT2D eigenvalue weighted by atomic mass is 35.5. The topological polar surface area (TPSA) is 229 Å². The normalized spacial score (nSPS) is 14.9. The Labute approximate surface area is 778 Å². The third kappa shape index (κ3) is 22.9. The van der Waals surface area contributed by atoms with E-state index in [1.165, 1.54) is 0 Å². The van der Waals surface area contributed by atoms with Crippen LogP contribution < -0.4 is 75.8 Å². The maximum atomic E-state index is 13.5. The predicted molar refractivity (Wildman–Crippen MR) is 503 cm³/mol. The van der Waals surface area contributed by atoms with Crippen molar-refractivity contribution in [3.63, 3.8) is 0 Å². The van der Waals surface area contributed by atoms with Crippen molar-refractivity contribution < 1.29 is 95.0 Å². The van der Waals surface area contributed by atoms with Crippen LogP contribution in [0, 0.1) is 0 Å². The number of methoxy groups -OCH3 is 12. The van der Waals surface area contributed by atoms with Gasteiger partial charge in [0.1, 0.15) is 60.9 Å². The van der Waals surface area contributed by atoms with Crippen LogP contribution in [0.15, 0.2) is 249 Å². The molecule has 4 atom stereocenters. The monoisotopic (exact) mass is 1830 g/mol. The van der Waals surface area contributed by atoms with Crippen molar-refractivity contribution in [2.75, 3.05) is 138 Å². The Hall–Kier alpha value is -13.8. The van der Waals surface area contributed by atoms with Crippen LogP contribution in [0.2, 0.25) is 15.1 Å². The fourth-order valence-electron chi connectivity index (χ4n) is 16.4. The van der Waals surface area contributed by atoms with Gasteiger partial charge in [-0.05, 0) is 246 Å². The van der Waals surface area contributed by atoms with Crippen LogP contribution in [0.5, 0.6) is 92.0 Å². The molecule has 0 bridgehead atoms. The largest absolute Gasteiger partial charge is 0.497 e. The van der Waals surface area contributed by atoms with Crippen LogP contribution in [-0.4, -0.2) is 181 Å². The van der Waals surface area contributed by atoms with E-state index in [4.69, 9.17) is 111 Å². The van der Waals surface area contributed by atoms with Gasteiger partial charge in [-0.25, -0.2) is 0 Å². The maximum Gasteiger partial charge on any atom is 0.254 e. The van der Waals surface area contributed by atoms with Gasteiger partial charge in [-0.15, -0.1) is 0 Å². The SMILES string of the molecule is COc1cc2c(cc1OC)C(COc1ccccc1OC)N(C(=O)c1cccc(Cl)c1)CC2.COc1ccc(OCC2c3cc(OC)c(OC)cc3CCN2C(=O)c2cccc(Cl)c2)cc1.COc1cccc(OCC2c3cc(OC)c(OC)cc3CCN2C(=O)c2cccc(Cl)c2)c1.COc1cccc(OCC2c3cc(OC)c(OC)cc3CCN2C(=O)c2ccccc2)c1. The molecule has 131 heavy (non-hydrogen) atoms.